The molecular formula is C12H15Cl2N. The van der Waals surface area contributed by atoms with Crippen molar-refractivity contribution in [3.05, 3.63) is 23.8 Å². The summed E-state index contributed by atoms with van der Waals surface area (Å²) in [7, 11) is 0. The maximum atomic E-state index is 6.17. The van der Waals surface area contributed by atoms with Crippen LogP contribution in [0.15, 0.2) is 23.8 Å². The van der Waals surface area contributed by atoms with Gasteiger partial charge in [-0.3, -0.25) is 0 Å². The number of hydrogen-bond donors (Lipinski definition) is 1. The Labute approximate surface area is 100 Å². The Morgan fingerprint density at radius 2 is 2.07 bits per heavy atom. The number of rotatable bonds is 1. The maximum Gasteiger partial charge on any atom is 0.0721 e. The molecule has 0 amide bonds. The Hall–Kier alpha value is 0.0200. The van der Waals surface area contributed by atoms with Crippen molar-refractivity contribution in [2.45, 2.75) is 36.1 Å². The molecule has 0 saturated heterocycles. The standard InChI is InChI=1S/C12H15Cl2N/c13-10-2-1-7(4-11(10)14)12-5-8(12)3-9(15)6-12/h1-2,4,8-11H,3,5-6,15H2/t8-,9?,10?,11?,12-/m0/s1. The number of halogens is 2. The molecule has 2 N–H and O–H groups in total. The summed E-state index contributed by atoms with van der Waals surface area (Å²) in [5.41, 5.74) is 7.76. The van der Waals surface area contributed by atoms with Gasteiger partial charge >= 0.3 is 0 Å². The molecule has 3 aliphatic carbocycles. The van der Waals surface area contributed by atoms with Gasteiger partial charge in [0.1, 0.15) is 0 Å². The van der Waals surface area contributed by atoms with Crippen LogP contribution in [0.1, 0.15) is 19.3 Å². The Morgan fingerprint density at radius 3 is 2.67 bits per heavy atom. The Morgan fingerprint density at radius 1 is 1.27 bits per heavy atom. The van der Waals surface area contributed by atoms with E-state index >= 15 is 0 Å². The van der Waals surface area contributed by atoms with E-state index in [0.29, 0.717) is 11.5 Å². The van der Waals surface area contributed by atoms with Crippen LogP contribution in [0.3, 0.4) is 0 Å². The molecule has 1 nitrogen and oxygen atoms in total. The van der Waals surface area contributed by atoms with Crippen molar-refractivity contribution in [3.8, 4) is 0 Å². The number of alkyl halides is 2. The van der Waals surface area contributed by atoms with Crippen molar-refractivity contribution in [2.24, 2.45) is 17.1 Å². The zero-order valence-electron chi connectivity index (χ0n) is 8.50. The zero-order valence-corrected chi connectivity index (χ0v) is 10.0. The van der Waals surface area contributed by atoms with Gasteiger partial charge in [-0.2, -0.15) is 0 Å². The van der Waals surface area contributed by atoms with Gasteiger partial charge in [0, 0.05) is 6.04 Å². The van der Waals surface area contributed by atoms with E-state index in [1.165, 1.54) is 18.4 Å². The number of fused-ring (bicyclic) bond motifs is 1. The van der Waals surface area contributed by atoms with Gasteiger partial charge in [-0.1, -0.05) is 18.2 Å². The SMILES string of the molecule is NC1C[C@H]2C[C@@]2(C2=CC(Cl)C(Cl)C=C2)C1. The fourth-order valence-corrected chi connectivity index (χ4v) is 3.65. The van der Waals surface area contributed by atoms with E-state index in [2.05, 4.69) is 12.2 Å². The quantitative estimate of drug-likeness (QED) is 0.705. The van der Waals surface area contributed by atoms with Crippen molar-refractivity contribution >= 4 is 23.2 Å². The van der Waals surface area contributed by atoms with Gasteiger partial charge in [0.05, 0.1) is 10.8 Å². The van der Waals surface area contributed by atoms with Crippen LogP contribution in [0.5, 0.6) is 0 Å². The predicted octanol–water partition coefficient (Wildman–Crippen LogP) is 2.82. The van der Waals surface area contributed by atoms with Crippen molar-refractivity contribution in [1.29, 1.82) is 0 Å². The summed E-state index contributed by atoms with van der Waals surface area (Å²) < 4.78 is 0. The van der Waals surface area contributed by atoms with Crippen LogP contribution in [0.4, 0.5) is 0 Å². The van der Waals surface area contributed by atoms with Crippen LogP contribution in [-0.2, 0) is 0 Å². The first-order chi connectivity index (χ1) is 7.12. The van der Waals surface area contributed by atoms with Crippen molar-refractivity contribution in [1.82, 2.24) is 0 Å². The summed E-state index contributed by atoms with van der Waals surface area (Å²) in [4.78, 5) is 0. The first kappa shape index (κ1) is 10.2. The van der Waals surface area contributed by atoms with Gasteiger partial charge in [0.15, 0.2) is 0 Å². The highest BCUT2D eigenvalue weighted by Gasteiger charge is 2.60. The molecule has 5 atom stereocenters. The summed E-state index contributed by atoms with van der Waals surface area (Å²) >= 11 is 12.2. The molecule has 3 unspecified atom stereocenters. The van der Waals surface area contributed by atoms with Crippen molar-refractivity contribution < 1.29 is 0 Å². The van der Waals surface area contributed by atoms with Gasteiger partial charge in [0.2, 0.25) is 0 Å². The fourth-order valence-electron chi connectivity index (χ4n) is 3.28. The van der Waals surface area contributed by atoms with Gasteiger partial charge in [-0.25, -0.2) is 0 Å². The summed E-state index contributed by atoms with van der Waals surface area (Å²) in [6.07, 6.45) is 9.93. The third-order valence-corrected chi connectivity index (χ3v) is 5.07. The highest BCUT2D eigenvalue weighted by atomic mass is 35.5. The molecule has 0 bridgehead atoms. The van der Waals surface area contributed by atoms with Crippen LogP contribution >= 0.6 is 23.2 Å². The lowest BCUT2D eigenvalue weighted by Gasteiger charge is -2.22. The smallest absolute Gasteiger partial charge is 0.0721 e. The summed E-state index contributed by atoms with van der Waals surface area (Å²) in [5.74, 6) is 0.805. The van der Waals surface area contributed by atoms with Crippen LogP contribution < -0.4 is 5.73 Å². The van der Waals surface area contributed by atoms with E-state index in [-0.39, 0.29) is 10.8 Å². The predicted molar refractivity (Wildman–Crippen MR) is 64.3 cm³/mol. The Bertz CT molecular complexity index is 350. The molecule has 3 heteroatoms. The molecule has 0 aromatic heterocycles. The molecule has 3 aliphatic rings. The highest BCUT2D eigenvalue weighted by Crippen LogP contribution is 2.67. The third kappa shape index (κ3) is 1.48. The lowest BCUT2D eigenvalue weighted by Crippen LogP contribution is -2.21. The molecule has 0 aliphatic heterocycles. The topological polar surface area (TPSA) is 26.0 Å². The third-order valence-electron chi connectivity index (χ3n) is 4.12. The molecule has 82 valence electrons. The maximum absolute atomic E-state index is 6.17. The average Bonchev–Trinajstić information content (AvgIpc) is 2.75. The zero-order chi connectivity index (χ0) is 10.6. The second-order valence-corrected chi connectivity index (χ2v) is 6.13. The Kier molecular flexibility index (Phi) is 2.21. The van der Waals surface area contributed by atoms with E-state index < -0.39 is 0 Å². The molecule has 0 aromatic rings. The minimum Gasteiger partial charge on any atom is -0.328 e. The molecule has 2 saturated carbocycles. The van der Waals surface area contributed by atoms with E-state index in [1.54, 1.807) is 0 Å². The van der Waals surface area contributed by atoms with E-state index in [9.17, 15) is 0 Å². The van der Waals surface area contributed by atoms with Gasteiger partial charge in [0.25, 0.3) is 0 Å². The van der Waals surface area contributed by atoms with Crippen LogP contribution in [-0.4, -0.2) is 16.8 Å². The van der Waals surface area contributed by atoms with Crippen LogP contribution in [0, 0.1) is 11.3 Å². The lowest BCUT2D eigenvalue weighted by atomic mass is 9.88. The first-order valence-electron chi connectivity index (χ1n) is 5.56. The molecular weight excluding hydrogens is 229 g/mol. The van der Waals surface area contributed by atoms with Gasteiger partial charge < -0.3 is 5.73 Å². The van der Waals surface area contributed by atoms with Crippen LogP contribution in [0.25, 0.3) is 0 Å². The molecule has 0 aromatic carbocycles. The van der Waals surface area contributed by atoms with E-state index in [0.717, 1.165) is 12.3 Å². The van der Waals surface area contributed by atoms with Crippen molar-refractivity contribution in [2.75, 3.05) is 0 Å². The Balaban J connectivity index is 1.85. The minimum absolute atomic E-state index is 0.0564. The lowest BCUT2D eigenvalue weighted by molar-refractivity contribution is 0.543. The monoisotopic (exact) mass is 243 g/mol. The summed E-state index contributed by atoms with van der Waals surface area (Å²) in [6.45, 7) is 0. The molecule has 0 spiro atoms. The van der Waals surface area contributed by atoms with Gasteiger partial charge in [-0.15, -0.1) is 23.2 Å². The second kappa shape index (κ2) is 3.26. The average molecular weight is 244 g/mol. The number of nitrogens with two attached hydrogens (primary N) is 1. The van der Waals surface area contributed by atoms with E-state index in [4.69, 9.17) is 28.9 Å². The van der Waals surface area contributed by atoms with Crippen molar-refractivity contribution in [3.63, 3.8) is 0 Å². The second-order valence-electron chi connectivity index (χ2n) is 5.13. The molecule has 2 fully saturated rings. The molecule has 3 rings (SSSR count). The molecule has 0 radical (unpaired) electrons. The molecule has 0 heterocycles. The summed E-state index contributed by atoms with van der Waals surface area (Å²) in [6, 6.07) is 0.389. The normalized spacial score (nSPS) is 52.6. The largest absolute Gasteiger partial charge is 0.328 e. The number of hydrogen-bond acceptors (Lipinski definition) is 1. The molecule has 15 heavy (non-hydrogen) atoms. The fraction of sp³-hybridized carbons (Fsp3) is 0.667. The van der Waals surface area contributed by atoms with Gasteiger partial charge in [-0.05, 0) is 36.2 Å². The highest BCUT2D eigenvalue weighted by molar-refractivity contribution is 6.31. The first-order valence-corrected chi connectivity index (χ1v) is 6.43. The van der Waals surface area contributed by atoms with Crippen LogP contribution in [0.2, 0.25) is 0 Å². The van der Waals surface area contributed by atoms with E-state index in [1.807, 2.05) is 6.08 Å². The number of allylic oxidation sites excluding steroid dienone is 4. The minimum atomic E-state index is -0.0564. The summed E-state index contributed by atoms with van der Waals surface area (Å²) in [5, 5.41) is -0.113.